The maximum Gasteiger partial charge on any atom is 0.178 e. The first-order valence-corrected chi connectivity index (χ1v) is 11.0. The maximum atomic E-state index is 5.49. The molecule has 0 N–H and O–H groups in total. The molecular weight excluding hydrogens is 426 g/mol. The molecular formula is C28H25N3O3. The lowest BCUT2D eigenvalue weighted by Gasteiger charge is -2.13. The topological polar surface area (TPSA) is 58.4 Å². The molecule has 6 nitrogen and oxygen atoms in total. The van der Waals surface area contributed by atoms with Crippen molar-refractivity contribution in [3.8, 4) is 39.8 Å². The van der Waals surface area contributed by atoms with Crippen molar-refractivity contribution in [2.75, 3.05) is 21.3 Å². The van der Waals surface area contributed by atoms with E-state index in [1.165, 1.54) is 0 Å². The number of hydrogen-bond donors (Lipinski definition) is 0. The van der Waals surface area contributed by atoms with E-state index in [1.807, 2.05) is 66.9 Å². The van der Waals surface area contributed by atoms with Gasteiger partial charge in [0.1, 0.15) is 23.1 Å². The van der Waals surface area contributed by atoms with E-state index in [0.717, 1.165) is 50.8 Å². The van der Waals surface area contributed by atoms with Gasteiger partial charge in [-0.1, -0.05) is 42.5 Å². The number of pyridine rings is 1. The molecule has 170 valence electrons. The van der Waals surface area contributed by atoms with E-state index in [4.69, 9.17) is 24.2 Å². The van der Waals surface area contributed by atoms with Crippen molar-refractivity contribution >= 4 is 11.2 Å². The van der Waals surface area contributed by atoms with Gasteiger partial charge in [0.25, 0.3) is 0 Å². The van der Waals surface area contributed by atoms with Crippen molar-refractivity contribution < 1.29 is 14.2 Å². The van der Waals surface area contributed by atoms with Crippen molar-refractivity contribution in [1.29, 1.82) is 0 Å². The average molecular weight is 452 g/mol. The fourth-order valence-electron chi connectivity index (χ4n) is 4.08. The van der Waals surface area contributed by atoms with Gasteiger partial charge in [0.05, 0.1) is 26.8 Å². The van der Waals surface area contributed by atoms with Crippen LogP contribution in [0.3, 0.4) is 0 Å². The lowest BCUT2D eigenvalue weighted by Crippen LogP contribution is -2.03. The number of fused-ring (bicyclic) bond motifs is 1. The number of ether oxygens (including phenoxy) is 3. The minimum atomic E-state index is 0.566. The van der Waals surface area contributed by atoms with Gasteiger partial charge in [-0.15, -0.1) is 0 Å². The van der Waals surface area contributed by atoms with Crippen molar-refractivity contribution in [2.24, 2.45) is 0 Å². The van der Waals surface area contributed by atoms with Gasteiger partial charge < -0.3 is 18.8 Å². The number of benzene rings is 3. The lowest BCUT2D eigenvalue weighted by atomic mass is 10.1. The predicted octanol–water partition coefficient (Wildman–Crippen LogP) is 5.84. The summed E-state index contributed by atoms with van der Waals surface area (Å²) in [6.45, 7) is 0.566. The second-order valence-corrected chi connectivity index (χ2v) is 7.91. The molecule has 0 aliphatic rings. The summed E-state index contributed by atoms with van der Waals surface area (Å²) in [7, 11) is 4.98. The quantitative estimate of drug-likeness (QED) is 0.311. The zero-order valence-electron chi connectivity index (χ0n) is 19.4. The molecule has 0 unspecified atom stereocenters. The zero-order valence-corrected chi connectivity index (χ0v) is 19.4. The van der Waals surface area contributed by atoms with Crippen molar-refractivity contribution in [1.82, 2.24) is 14.5 Å². The van der Waals surface area contributed by atoms with Crippen LogP contribution in [-0.2, 0) is 6.54 Å². The third kappa shape index (κ3) is 4.18. The standard InChI is InChI=1S/C28H25N3O3/c1-32-23-11-7-10-21(14-23)28-30-27-26(15-22(17-29-27)20-8-5-4-6-9-20)31(28)18-19-12-24(33-2)16-25(13-19)34-3/h4-17H,18H2,1-3H3. The Hall–Kier alpha value is -4.32. The van der Waals surface area contributed by atoms with Crippen LogP contribution in [0.1, 0.15) is 5.56 Å². The average Bonchev–Trinajstić information content (AvgIpc) is 3.26. The molecule has 2 heterocycles. The first-order valence-electron chi connectivity index (χ1n) is 11.0. The number of aromatic nitrogens is 3. The number of rotatable bonds is 7. The molecule has 0 saturated heterocycles. The molecule has 0 saturated carbocycles. The third-order valence-corrected chi connectivity index (χ3v) is 5.79. The van der Waals surface area contributed by atoms with E-state index < -0.39 is 0 Å². The molecule has 5 aromatic rings. The number of hydrogen-bond acceptors (Lipinski definition) is 5. The Kier molecular flexibility index (Phi) is 5.87. The van der Waals surface area contributed by atoms with E-state index >= 15 is 0 Å². The van der Waals surface area contributed by atoms with E-state index in [2.05, 4.69) is 22.8 Å². The molecule has 0 atom stereocenters. The van der Waals surface area contributed by atoms with E-state index in [9.17, 15) is 0 Å². The summed E-state index contributed by atoms with van der Waals surface area (Å²) < 4.78 is 18.6. The van der Waals surface area contributed by atoms with Gasteiger partial charge in [-0.05, 0) is 41.5 Å². The zero-order chi connectivity index (χ0) is 23.5. The summed E-state index contributed by atoms with van der Waals surface area (Å²) in [5.41, 5.74) is 5.76. The molecule has 0 amide bonds. The largest absolute Gasteiger partial charge is 0.497 e. The molecule has 3 aromatic carbocycles. The normalized spacial score (nSPS) is 10.9. The van der Waals surface area contributed by atoms with Gasteiger partial charge in [-0.2, -0.15) is 0 Å². The van der Waals surface area contributed by atoms with Crippen LogP contribution in [-0.4, -0.2) is 35.9 Å². The van der Waals surface area contributed by atoms with E-state index in [0.29, 0.717) is 12.2 Å². The Morgan fingerprint density at radius 3 is 2.09 bits per heavy atom. The summed E-state index contributed by atoms with van der Waals surface area (Å²) in [6.07, 6.45) is 1.87. The van der Waals surface area contributed by atoms with Gasteiger partial charge in [0, 0.05) is 29.9 Å². The Bertz CT molecular complexity index is 1420. The fourth-order valence-corrected chi connectivity index (χ4v) is 4.08. The van der Waals surface area contributed by atoms with Crippen LogP contribution in [0, 0.1) is 0 Å². The van der Waals surface area contributed by atoms with Gasteiger partial charge in [0.15, 0.2) is 5.65 Å². The predicted molar refractivity (Wildman–Crippen MR) is 134 cm³/mol. The molecule has 6 heteroatoms. The smallest absolute Gasteiger partial charge is 0.178 e. The van der Waals surface area contributed by atoms with Crippen molar-refractivity contribution in [3.63, 3.8) is 0 Å². The second kappa shape index (κ2) is 9.27. The number of nitrogens with zero attached hydrogens (tertiary/aromatic N) is 3. The van der Waals surface area contributed by atoms with Crippen LogP contribution in [0.4, 0.5) is 0 Å². The second-order valence-electron chi connectivity index (χ2n) is 7.91. The van der Waals surface area contributed by atoms with Crippen molar-refractivity contribution in [2.45, 2.75) is 6.54 Å². The summed E-state index contributed by atoms with van der Waals surface area (Å²) in [4.78, 5) is 9.61. The first kappa shape index (κ1) is 21.5. The molecule has 5 rings (SSSR count). The molecule has 2 aromatic heterocycles. The van der Waals surface area contributed by atoms with Crippen LogP contribution in [0.25, 0.3) is 33.7 Å². The molecule has 0 spiro atoms. The first-order chi connectivity index (χ1) is 16.7. The Labute approximate surface area is 198 Å². The van der Waals surface area contributed by atoms with Crippen LogP contribution >= 0.6 is 0 Å². The highest BCUT2D eigenvalue weighted by Gasteiger charge is 2.16. The summed E-state index contributed by atoms with van der Waals surface area (Å²) in [6, 6.07) is 26.2. The molecule has 0 aliphatic carbocycles. The summed E-state index contributed by atoms with van der Waals surface area (Å²) in [5, 5.41) is 0. The Morgan fingerprint density at radius 1 is 0.676 bits per heavy atom. The number of methoxy groups -OCH3 is 3. The molecule has 0 bridgehead atoms. The maximum absolute atomic E-state index is 5.49. The van der Waals surface area contributed by atoms with Crippen molar-refractivity contribution in [3.05, 3.63) is 90.6 Å². The van der Waals surface area contributed by atoms with Gasteiger partial charge in [-0.3, -0.25) is 0 Å². The van der Waals surface area contributed by atoms with Crippen LogP contribution < -0.4 is 14.2 Å². The highest BCUT2D eigenvalue weighted by atomic mass is 16.5. The van der Waals surface area contributed by atoms with Gasteiger partial charge in [-0.25, -0.2) is 9.97 Å². The fraction of sp³-hybridized carbons (Fsp3) is 0.143. The SMILES string of the molecule is COc1cc(Cn2c(-c3cccc(OC)c3)nc3ncc(-c4ccccc4)cc32)cc(OC)c1. The van der Waals surface area contributed by atoms with Crippen LogP contribution in [0.15, 0.2) is 85.1 Å². The molecule has 0 radical (unpaired) electrons. The molecule has 0 fully saturated rings. The Balaban J connectivity index is 1.70. The Morgan fingerprint density at radius 2 is 1.38 bits per heavy atom. The minimum Gasteiger partial charge on any atom is -0.497 e. The van der Waals surface area contributed by atoms with Gasteiger partial charge in [0.2, 0.25) is 0 Å². The molecule has 34 heavy (non-hydrogen) atoms. The van der Waals surface area contributed by atoms with E-state index in [1.54, 1.807) is 21.3 Å². The van der Waals surface area contributed by atoms with Gasteiger partial charge >= 0.3 is 0 Å². The highest BCUT2D eigenvalue weighted by Crippen LogP contribution is 2.31. The summed E-state index contributed by atoms with van der Waals surface area (Å²) in [5.74, 6) is 3.07. The third-order valence-electron chi connectivity index (χ3n) is 5.79. The van der Waals surface area contributed by atoms with Crippen LogP contribution in [0.2, 0.25) is 0 Å². The minimum absolute atomic E-state index is 0.566. The highest BCUT2D eigenvalue weighted by molar-refractivity contribution is 5.82. The van der Waals surface area contributed by atoms with Crippen LogP contribution in [0.5, 0.6) is 17.2 Å². The monoisotopic (exact) mass is 451 g/mol. The summed E-state index contributed by atoms with van der Waals surface area (Å²) >= 11 is 0. The lowest BCUT2D eigenvalue weighted by molar-refractivity contribution is 0.393. The van der Waals surface area contributed by atoms with E-state index in [-0.39, 0.29) is 0 Å². The number of imidazole rings is 1. The molecule has 0 aliphatic heterocycles.